The first kappa shape index (κ1) is 16.6. The van der Waals surface area contributed by atoms with Crippen LogP contribution in [0.5, 0.6) is 0 Å². The lowest BCUT2D eigenvalue weighted by molar-refractivity contribution is 0.244. The summed E-state index contributed by atoms with van der Waals surface area (Å²) in [5.41, 5.74) is 2.06. The standard InChI is InChI=1S/C20H20FN5/c21-16-8-6-15(7-9-16)14-26-11-3-4-18(26)17-12-22-13-20(24-17)25-19-5-1-2-10-23-19/h1-2,5-10,12-13,18H,3-4,11,14H2,(H,23,24,25)/t18-/m0/s1. The molecule has 0 spiro atoms. The van der Waals surface area contributed by atoms with Crippen LogP contribution >= 0.6 is 0 Å². The molecule has 6 heteroatoms. The first-order chi connectivity index (χ1) is 12.8. The van der Waals surface area contributed by atoms with E-state index in [1.165, 1.54) is 12.1 Å². The normalized spacial score (nSPS) is 17.3. The van der Waals surface area contributed by atoms with Crippen molar-refractivity contribution >= 4 is 11.6 Å². The summed E-state index contributed by atoms with van der Waals surface area (Å²) in [5.74, 6) is 1.23. The molecule has 5 nitrogen and oxygen atoms in total. The molecule has 1 fully saturated rings. The zero-order chi connectivity index (χ0) is 17.8. The summed E-state index contributed by atoms with van der Waals surface area (Å²) >= 11 is 0. The molecule has 0 bridgehead atoms. The lowest BCUT2D eigenvalue weighted by Gasteiger charge is -2.24. The van der Waals surface area contributed by atoms with Crippen molar-refractivity contribution in [2.24, 2.45) is 0 Å². The minimum absolute atomic E-state index is 0.203. The van der Waals surface area contributed by atoms with Crippen molar-refractivity contribution in [3.8, 4) is 0 Å². The van der Waals surface area contributed by atoms with E-state index < -0.39 is 0 Å². The predicted molar refractivity (Wildman–Crippen MR) is 98.3 cm³/mol. The van der Waals surface area contributed by atoms with Crippen molar-refractivity contribution in [2.75, 3.05) is 11.9 Å². The highest BCUT2D eigenvalue weighted by molar-refractivity contribution is 5.50. The highest BCUT2D eigenvalue weighted by Crippen LogP contribution is 2.32. The Kier molecular flexibility index (Phi) is 4.84. The molecule has 1 saturated heterocycles. The Hall–Kier alpha value is -2.86. The van der Waals surface area contributed by atoms with Gasteiger partial charge in [-0.05, 0) is 49.2 Å². The Balaban J connectivity index is 1.50. The highest BCUT2D eigenvalue weighted by atomic mass is 19.1. The fourth-order valence-corrected chi connectivity index (χ4v) is 3.34. The van der Waals surface area contributed by atoms with Crippen LogP contribution in [0.1, 0.15) is 30.1 Å². The van der Waals surface area contributed by atoms with Crippen molar-refractivity contribution in [2.45, 2.75) is 25.4 Å². The molecule has 1 atom stereocenters. The second-order valence-electron chi connectivity index (χ2n) is 6.42. The van der Waals surface area contributed by atoms with E-state index in [2.05, 4.69) is 20.2 Å². The quantitative estimate of drug-likeness (QED) is 0.752. The monoisotopic (exact) mass is 349 g/mol. The number of halogens is 1. The lowest BCUT2D eigenvalue weighted by Crippen LogP contribution is -2.23. The Labute approximate surface area is 151 Å². The van der Waals surface area contributed by atoms with Crippen LogP contribution in [0.4, 0.5) is 16.0 Å². The maximum absolute atomic E-state index is 13.1. The molecule has 1 aliphatic rings. The third-order valence-corrected chi connectivity index (χ3v) is 4.58. The molecule has 3 aromatic rings. The maximum atomic E-state index is 13.1. The van der Waals surface area contributed by atoms with Gasteiger partial charge in [0.2, 0.25) is 0 Å². The first-order valence-electron chi connectivity index (χ1n) is 8.76. The van der Waals surface area contributed by atoms with E-state index in [0.717, 1.165) is 43.0 Å². The van der Waals surface area contributed by atoms with Gasteiger partial charge >= 0.3 is 0 Å². The molecule has 3 heterocycles. The van der Waals surface area contributed by atoms with Crippen LogP contribution < -0.4 is 5.32 Å². The SMILES string of the molecule is Fc1ccc(CN2CCC[C@H]2c2cncc(Nc3ccccn3)n2)cc1. The third-order valence-electron chi connectivity index (χ3n) is 4.58. The van der Waals surface area contributed by atoms with Crippen LogP contribution in [0.15, 0.2) is 61.1 Å². The van der Waals surface area contributed by atoms with Gasteiger partial charge < -0.3 is 5.32 Å². The molecule has 4 rings (SSSR count). The summed E-state index contributed by atoms with van der Waals surface area (Å²) < 4.78 is 13.1. The number of aromatic nitrogens is 3. The number of nitrogens with zero attached hydrogens (tertiary/aromatic N) is 4. The number of pyridine rings is 1. The fraction of sp³-hybridized carbons (Fsp3) is 0.250. The molecule has 0 amide bonds. The van der Waals surface area contributed by atoms with Crippen LogP contribution in [0.2, 0.25) is 0 Å². The van der Waals surface area contributed by atoms with Crippen LogP contribution in [-0.4, -0.2) is 26.4 Å². The van der Waals surface area contributed by atoms with Crippen molar-refractivity contribution in [1.29, 1.82) is 0 Å². The molecular weight excluding hydrogens is 329 g/mol. The van der Waals surface area contributed by atoms with E-state index in [-0.39, 0.29) is 11.9 Å². The lowest BCUT2D eigenvalue weighted by atomic mass is 10.1. The topological polar surface area (TPSA) is 53.9 Å². The predicted octanol–water partition coefficient (Wildman–Crippen LogP) is 4.09. The fourth-order valence-electron chi connectivity index (χ4n) is 3.34. The van der Waals surface area contributed by atoms with Gasteiger partial charge in [-0.1, -0.05) is 18.2 Å². The minimum Gasteiger partial charge on any atom is -0.324 e. The highest BCUT2D eigenvalue weighted by Gasteiger charge is 2.27. The number of likely N-dealkylation sites (tertiary alicyclic amines) is 1. The van der Waals surface area contributed by atoms with E-state index in [9.17, 15) is 4.39 Å². The summed E-state index contributed by atoms with van der Waals surface area (Å²) in [4.78, 5) is 15.7. The van der Waals surface area contributed by atoms with E-state index in [1.54, 1.807) is 12.4 Å². The average molecular weight is 349 g/mol. The number of nitrogens with one attached hydrogen (secondary N) is 1. The van der Waals surface area contributed by atoms with Gasteiger partial charge in [-0.3, -0.25) is 9.88 Å². The van der Waals surface area contributed by atoms with E-state index in [0.29, 0.717) is 5.82 Å². The smallest absolute Gasteiger partial charge is 0.150 e. The average Bonchev–Trinajstić information content (AvgIpc) is 3.13. The van der Waals surface area contributed by atoms with Gasteiger partial charge in [-0.15, -0.1) is 0 Å². The van der Waals surface area contributed by atoms with Gasteiger partial charge in [0.05, 0.1) is 24.1 Å². The first-order valence-corrected chi connectivity index (χ1v) is 8.76. The maximum Gasteiger partial charge on any atom is 0.150 e. The molecule has 0 radical (unpaired) electrons. The largest absolute Gasteiger partial charge is 0.324 e. The van der Waals surface area contributed by atoms with E-state index in [4.69, 9.17) is 4.98 Å². The molecule has 26 heavy (non-hydrogen) atoms. The van der Waals surface area contributed by atoms with Gasteiger partial charge in [0.25, 0.3) is 0 Å². The van der Waals surface area contributed by atoms with Gasteiger partial charge in [0, 0.05) is 12.7 Å². The van der Waals surface area contributed by atoms with Crippen molar-refractivity contribution in [3.63, 3.8) is 0 Å². The molecule has 132 valence electrons. The van der Waals surface area contributed by atoms with Gasteiger partial charge in [0.1, 0.15) is 17.5 Å². The van der Waals surface area contributed by atoms with Gasteiger partial charge in [-0.25, -0.2) is 14.4 Å². The third kappa shape index (κ3) is 3.86. The number of hydrogen-bond donors (Lipinski definition) is 1. The Morgan fingerprint density at radius 3 is 2.77 bits per heavy atom. The summed E-state index contributed by atoms with van der Waals surface area (Å²) in [5, 5.41) is 3.19. The molecule has 1 N–H and O–H groups in total. The second-order valence-corrected chi connectivity index (χ2v) is 6.42. The van der Waals surface area contributed by atoms with E-state index >= 15 is 0 Å². The Bertz CT molecular complexity index is 854. The Morgan fingerprint density at radius 1 is 1.08 bits per heavy atom. The molecule has 0 saturated carbocycles. The zero-order valence-electron chi connectivity index (χ0n) is 14.3. The van der Waals surface area contributed by atoms with Crippen molar-refractivity contribution in [1.82, 2.24) is 19.9 Å². The summed E-state index contributed by atoms with van der Waals surface area (Å²) in [6.07, 6.45) is 7.43. The van der Waals surface area contributed by atoms with Crippen LogP contribution in [0.3, 0.4) is 0 Å². The summed E-state index contributed by atoms with van der Waals surface area (Å²) in [6, 6.07) is 12.6. The number of benzene rings is 1. The van der Waals surface area contributed by atoms with Crippen LogP contribution in [0.25, 0.3) is 0 Å². The second kappa shape index (κ2) is 7.58. The molecule has 0 aliphatic carbocycles. The van der Waals surface area contributed by atoms with Crippen molar-refractivity contribution in [3.05, 3.63) is 78.1 Å². The summed E-state index contributed by atoms with van der Waals surface area (Å²) in [6.45, 7) is 1.78. The number of hydrogen-bond acceptors (Lipinski definition) is 5. The molecular formula is C20H20FN5. The summed E-state index contributed by atoms with van der Waals surface area (Å²) in [7, 11) is 0. The zero-order valence-corrected chi connectivity index (χ0v) is 14.3. The van der Waals surface area contributed by atoms with Crippen LogP contribution in [0, 0.1) is 5.82 Å². The molecule has 1 aliphatic heterocycles. The van der Waals surface area contributed by atoms with E-state index in [1.807, 2.05) is 36.5 Å². The molecule has 1 aromatic carbocycles. The molecule has 0 unspecified atom stereocenters. The van der Waals surface area contributed by atoms with Gasteiger partial charge in [0.15, 0.2) is 0 Å². The Morgan fingerprint density at radius 2 is 1.96 bits per heavy atom. The van der Waals surface area contributed by atoms with Gasteiger partial charge in [-0.2, -0.15) is 0 Å². The minimum atomic E-state index is -0.203. The number of rotatable bonds is 5. The van der Waals surface area contributed by atoms with Crippen LogP contribution in [-0.2, 0) is 6.54 Å². The van der Waals surface area contributed by atoms with Crippen molar-refractivity contribution < 1.29 is 4.39 Å². The molecule has 2 aromatic heterocycles. The number of anilines is 2.